The average Bonchev–Trinajstić information content (AvgIpc) is 2.28. The summed E-state index contributed by atoms with van der Waals surface area (Å²) in [5.41, 5.74) is 5.96. The summed E-state index contributed by atoms with van der Waals surface area (Å²) in [5.74, 6) is 0. The van der Waals surface area contributed by atoms with Gasteiger partial charge < -0.3 is 15.8 Å². The molecule has 0 spiro atoms. The van der Waals surface area contributed by atoms with Crippen LogP contribution >= 0.6 is 0 Å². The van der Waals surface area contributed by atoms with Crippen LogP contribution in [0.15, 0.2) is 0 Å². The third kappa shape index (κ3) is 3.72. The van der Waals surface area contributed by atoms with Gasteiger partial charge in [0.05, 0.1) is 13.2 Å². The molecule has 0 aromatic heterocycles. The highest BCUT2D eigenvalue weighted by molar-refractivity contribution is 4.81. The highest BCUT2D eigenvalue weighted by Gasteiger charge is 2.19. The monoisotopic (exact) mass is 213 g/mol. The minimum Gasteiger partial charge on any atom is -0.379 e. The highest BCUT2D eigenvalue weighted by atomic mass is 16.5. The molecule has 2 fully saturated rings. The number of nitrogens with one attached hydrogen (secondary N) is 1. The van der Waals surface area contributed by atoms with Gasteiger partial charge in [-0.15, -0.1) is 0 Å². The Balaban J connectivity index is 1.63. The summed E-state index contributed by atoms with van der Waals surface area (Å²) < 4.78 is 5.33. The molecule has 0 aromatic carbocycles. The molecule has 88 valence electrons. The van der Waals surface area contributed by atoms with E-state index < -0.39 is 0 Å². The number of rotatable bonds is 3. The predicted molar refractivity (Wildman–Crippen MR) is 60.9 cm³/mol. The van der Waals surface area contributed by atoms with Crippen molar-refractivity contribution in [2.24, 2.45) is 5.73 Å². The first kappa shape index (κ1) is 11.3. The van der Waals surface area contributed by atoms with Crippen LogP contribution in [-0.4, -0.2) is 56.4 Å². The predicted octanol–water partition coefficient (Wildman–Crippen LogP) is -0.212. The molecule has 2 rings (SSSR count). The number of nitrogens with two attached hydrogens (primary N) is 1. The number of ether oxygens (including phenoxy) is 1. The molecule has 2 atom stereocenters. The Morgan fingerprint density at radius 3 is 2.87 bits per heavy atom. The van der Waals surface area contributed by atoms with Crippen molar-refractivity contribution in [1.29, 1.82) is 0 Å². The maximum absolute atomic E-state index is 5.96. The first-order chi connectivity index (χ1) is 7.34. The van der Waals surface area contributed by atoms with Gasteiger partial charge in [0.15, 0.2) is 0 Å². The molecule has 15 heavy (non-hydrogen) atoms. The number of hydrogen-bond donors (Lipinski definition) is 2. The lowest BCUT2D eigenvalue weighted by Gasteiger charge is -2.31. The maximum Gasteiger partial charge on any atom is 0.0594 e. The molecule has 0 radical (unpaired) electrons. The molecule has 2 heterocycles. The van der Waals surface area contributed by atoms with E-state index in [1.807, 2.05) is 0 Å². The molecule has 2 aliphatic heterocycles. The zero-order valence-electron chi connectivity index (χ0n) is 9.45. The third-order valence-corrected chi connectivity index (χ3v) is 3.43. The summed E-state index contributed by atoms with van der Waals surface area (Å²) in [7, 11) is 0. The summed E-state index contributed by atoms with van der Waals surface area (Å²) in [6.07, 6.45) is 3.51. The van der Waals surface area contributed by atoms with Gasteiger partial charge in [0.1, 0.15) is 0 Å². The van der Waals surface area contributed by atoms with Crippen molar-refractivity contribution in [2.75, 3.05) is 39.4 Å². The molecule has 0 saturated carbocycles. The zero-order valence-corrected chi connectivity index (χ0v) is 9.45. The third-order valence-electron chi connectivity index (χ3n) is 3.43. The molecule has 0 aromatic rings. The van der Waals surface area contributed by atoms with Crippen LogP contribution in [0.25, 0.3) is 0 Å². The van der Waals surface area contributed by atoms with Crippen molar-refractivity contribution < 1.29 is 4.74 Å². The standard InChI is InChI=1S/C11H23N3O/c12-10-1-3-13-11(9-10)2-4-14-5-7-15-8-6-14/h10-11,13H,1-9,12H2. The summed E-state index contributed by atoms with van der Waals surface area (Å²) in [4.78, 5) is 2.49. The normalized spacial score (nSPS) is 34.2. The van der Waals surface area contributed by atoms with Crippen molar-refractivity contribution in [2.45, 2.75) is 31.3 Å². The fourth-order valence-electron chi connectivity index (χ4n) is 2.42. The van der Waals surface area contributed by atoms with Gasteiger partial charge in [-0.1, -0.05) is 0 Å². The topological polar surface area (TPSA) is 50.5 Å². The smallest absolute Gasteiger partial charge is 0.0594 e. The van der Waals surface area contributed by atoms with Gasteiger partial charge in [0.2, 0.25) is 0 Å². The summed E-state index contributed by atoms with van der Waals surface area (Å²) >= 11 is 0. The van der Waals surface area contributed by atoms with Crippen LogP contribution in [-0.2, 0) is 4.74 Å². The van der Waals surface area contributed by atoms with E-state index >= 15 is 0 Å². The van der Waals surface area contributed by atoms with Crippen LogP contribution in [0.3, 0.4) is 0 Å². The van der Waals surface area contributed by atoms with Crippen molar-refractivity contribution in [3.05, 3.63) is 0 Å². The Morgan fingerprint density at radius 1 is 1.33 bits per heavy atom. The Bertz CT molecular complexity index is 183. The first-order valence-corrected chi connectivity index (χ1v) is 6.13. The molecule has 3 N–H and O–H groups in total. The van der Waals surface area contributed by atoms with E-state index in [1.54, 1.807) is 0 Å². The molecule has 2 aliphatic rings. The van der Waals surface area contributed by atoms with Crippen LogP contribution in [0, 0.1) is 0 Å². The second-order valence-electron chi connectivity index (χ2n) is 4.68. The van der Waals surface area contributed by atoms with E-state index in [9.17, 15) is 0 Å². The summed E-state index contributed by atoms with van der Waals surface area (Å²) in [5, 5.41) is 3.55. The van der Waals surface area contributed by atoms with E-state index in [0.717, 1.165) is 45.7 Å². The molecule has 2 saturated heterocycles. The Labute approximate surface area is 92.1 Å². The first-order valence-electron chi connectivity index (χ1n) is 6.13. The number of piperidine rings is 1. The van der Waals surface area contributed by atoms with Crippen molar-refractivity contribution >= 4 is 0 Å². The van der Waals surface area contributed by atoms with Crippen LogP contribution in [0.5, 0.6) is 0 Å². The number of hydrogen-bond acceptors (Lipinski definition) is 4. The lowest BCUT2D eigenvalue weighted by Crippen LogP contribution is -2.46. The van der Waals surface area contributed by atoms with Gasteiger partial charge in [0, 0.05) is 25.2 Å². The number of nitrogens with zero attached hydrogens (tertiary/aromatic N) is 1. The Morgan fingerprint density at radius 2 is 2.13 bits per heavy atom. The molecule has 4 nitrogen and oxygen atoms in total. The molecule has 0 bridgehead atoms. The molecule has 2 unspecified atom stereocenters. The Kier molecular flexibility index (Phi) is 4.38. The van der Waals surface area contributed by atoms with Gasteiger partial charge in [-0.2, -0.15) is 0 Å². The van der Waals surface area contributed by atoms with E-state index in [0.29, 0.717) is 12.1 Å². The second kappa shape index (κ2) is 5.80. The lowest BCUT2D eigenvalue weighted by molar-refractivity contribution is 0.0356. The summed E-state index contributed by atoms with van der Waals surface area (Å²) in [6.45, 7) is 6.27. The molecule has 4 heteroatoms. The quantitative estimate of drug-likeness (QED) is 0.681. The van der Waals surface area contributed by atoms with Crippen LogP contribution in [0.4, 0.5) is 0 Å². The highest BCUT2D eigenvalue weighted by Crippen LogP contribution is 2.10. The van der Waals surface area contributed by atoms with Gasteiger partial charge in [-0.25, -0.2) is 0 Å². The van der Waals surface area contributed by atoms with E-state index in [2.05, 4.69) is 10.2 Å². The van der Waals surface area contributed by atoms with E-state index in [4.69, 9.17) is 10.5 Å². The van der Waals surface area contributed by atoms with Crippen LogP contribution in [0.2, 0.25) is 0 Å². The minimum absolute atomic E-state index is 0.418. The fourth-order valence-corrected chi connectivity index (χ4v) is 2.42. The van der Waals surface area contributed by atoms with Crippen molar-refractivity contribution in [3.8, 4) is 0 Å². The maximum atomic E-state index is 5.96. The molecule has 0 amide bonds. The SMILES string of the molecule is NC1CCNC(CCN2CCOCC2)C1. The second-order valence-corrected chi connectivity index (χ2v) is 4.68. The van der Waals surface area contributed by atoms with E-state index in [1.165, 1.54) is 13.0 Å². The Hall–Kier alpha value is -0.160. The lowest BCUT2D eigenvalue weighted by atomic mass is 9.98. The van der Waals surface area contributed by atoms with Crippen molar-refractivity contribution in [3.63, 3.8) is 0 Å². The van der Waals surface area contributed by atoms with Gasteiger partial charge in [-0.05, 0) is 32.4 Å². The van der Waals surface area contributed by atoms with Crippen LogP contribution < -0.4 is 11.1 Å². The zero-order chi connectivity index (χ0) is 10.5. The summed E-state index contributed by atoms with van der Waals surface area (Å²) in [6, 6.07) is 1.05. The van der Waals surface area contributed by atoms with E-state index in [-0.39, 0.29) is 0 Å². The van der Waals surface area contributed by atoms with Crippen molar-refractivity contribution in [1.82, 2.24) is 10.2 Å². The fraction of sp³-hybridized carbons (Fsp3) is 1.00. The van der Waals surface area contributed by atoms with Gasteiger partial charge in [0.25, 0.3) is 0 Å². The van der Waals surface area contributed by atoms with Gasteiger partial charge in [-0.3, -0.25) is 4.90 Å². The average molecular weight is 213 g/mol. The number of morpholine rings is 1. The largest absolute Gasteiger partial charge is 0.379 e. The molecular weight excluding hydrogens is 190 g/mol. The van der Waals surface area contributed by atoms with Crippen LogP contribution in [0.1, 0.15) is 19.3 Å². The molecule has 0 aliphatic carbocycles. The minimum atomic E-state index is 0.418. The van der Waals surface area contributed by atoms with Gasteiger partial charge >= 0.3 is 0 Å². The molecular formula is C11H23N3O.